The molecule has 0 aliphatic carbocycles. The van der Waals surface area contributed by atoms with Gasteiger partial charge in [-0.3, -0.25) is 0 Å². The van der Waals surface area contributed by atoms with Crippen LogP contribution in [0.4, 0.5) is 8.78 Å². The van der Waals surface area contributed by atoms with Gasteiger partial charge in [0.1, 0.15) is 17.3 Å². The van der Waals surface area contributed by atoms with Crippen molar-refractivity contribution in [1.29, 1.82) is 0 Å². The van der Waals surface area contributed by atoms with Crippen LogP contribution in [0.2, 0.25) is 0 Å². The third kappa shape index (κ3) is 3.31. The Hall–Kier alpha value is -2.14. The van der Waals surface area contributed by atoms with Crippen LogP contribution in [-0.2, 0) is 0 Å². The minimum Gasteiger partial charge on any atom is -0.496 e. The Kier molecular flexibility index (Phi) is 4.75. The molecule has 0 aliphatic rings. The van der Waals surface area contributed by atoms with Gasteiger partial charge in [0.25, 0.3) is 0 Å². The topological polar surface area (TPSA) is 30.5 Å². The number of nitrogens with one attached hydrogen (secondary N) is 1. The zero-order valence-electron chi connectivity index (χ0n) is 12.1. The lowest BCUT2D eigenvalue weighted by molar-refractivity contribution is 0.387. The Labute approximate surface area is 122 Å². The van der Waals surface area contributed by atoms with Gasteiger partial charge in [0.2, 0.25) is 0 Å². The second-order valence-electron chi connectivity index (χ2n) is 4.56. The first kappa shape index (κ1) is 15.3. The summed E-state index contributed by atoms with van der Waals surface area (Å²) in [4.78, 5) is 0. The summed E-state index contributed by atoms with van der Waals surface area (Å²) in [5, 5.41) is 3.09. The van der Waals surface area contributed by atoms with E-state index in [-0.39, 0.29) is 11.8 Å². The predicted molar refractivity (Wildman–Crippen MR) is 76.9 cm³/mol. The normalized spacial score (nSPS) is 12.0. The van der Waals surface area contributed by atoms with Crippen LogP contribution in [-0.4, -0.2) is 14.2 Å². The van der Waals surface area contributed by atoms with E-state index in [0.717, 1.165) is 17.7 Å². The van der Waals surface area contributed by atoms with E-state index in [2.05, 4.69) is 5.32 Å². The van der Waals surface area contributed by atoms with E-state index in [1.54, 1.807) is 32.4 Å². The van der Waals surface area contributed by atoms with Gasteiger partial charge in [0.15, 0.2) is 11.6 Å². The van der Waals surface area contributed by atoms with Crippen LogP contribution in [0, 0.1) is 11.6 Å². The number of ether oxygens (including phenoxy) is 2. The molecule has 0 bridgehead atoms. The SMILES string of the molecule is CNC(C)c1c(OC)cccc1Oc1ccc(F)cc1F. The lowest BCUT2D eigenvalue weighted by Crippen LogP contribution is -2.14. The molecule has 2 aromatic carbocycles. The van der Waals surface area contributed by atoms with E-state index in [1.807, 2.05) is 6.92 Å². The molecule has 0 heterocycles. The highest BCUT2D eigenvalue weighted by atomic mass is 19.1. The van der Waals surface area contributed by atoms with E-state index >= 15 is 0 Å². The number of hydrogen-bond acceptors (Lipinski definition) is 3. The van der Waals surface area contributed by atoms with E-state index in [4.69, 9.17) is 9.47 Å². The van der Waals surface area contributed by atoms with Gasteiger partial charge in [-0.05, 0) is 38.2 Å². The molecule has 5 heteroatoms. The molecule has 0 aliphatic heterocycles. The minimum atomic E-state index is -0.749. The molecule has 3 nitrogen and oxygen atoms in total. The van der Waals surface area contributed by atoms with Gasteiger partial charge >= 0.3 is 0 Å². The monoisotopic (exact) mass is 293 g/mol. The van der Waals surface area contributed by atoms with Gasteiger partial charge < -0.3 is 14.8 Å². The lowest BCUT2D eigenvalue weighted by Gasteiger charge is -2.19. The van der Waals surface area contributed by atoms with E-state index in [9.17, 15) is 8.78 Å². The predicted octanol–water partition coefficient (Wildman–Crippen LogP) is 4.05. The van der Waals surface area contributed by atoms with Crippen LogP contribution in [0.15, 0.2) is 36.4 Å². The van der Waals surface area contributed by atoms with Crippen molar-refractivity contribution in [1.82, 2.24) is 5.32 Å². The van der Waals surface area contributed by atoms with E-state index in [0.29, 0.717) is 11.5 Å². The molecule has 0 amide bonds. The second kappa shape index (κ2) is 6.54. The highest BCUT2D eigenvalue weighted by Gasteiger charge is 2.17. The zero-order chi connectivity index (χ0) is 15.4. The van der Waals surface area contributed by atoms with Crippen LogP contribution in [0.25, 0.3) is 0 Å². The zero-order valence-corrected chi connectivity index (χ0v) is 12.1. The molecular formula is C16H17F2NO2. The van der Waals surface area contributed by atoms with Gasteiger partial charge in [-0.25, -0.2) is 8.78 Å². The van der Waals surface area contributed by atoms with Gasteiger partial charge in [-0.1, -0.05) is 6.07 Å². The molecule has 0 spiro atoms. The molecule has 1 atom stereocenters. The fourth-order valence-electron chi connectivity index (χ4n) is 2.04. The number of rotatable bonds is 5. The molecule has 21 heavy (non-hydrogen) atoms. The highest BCUT2D eigenvalue weighted by molar-refractivity contribution is 5.48. The second-order valence-corrected chi connectivity index (χ2v) is 4.56. The van der Waals surface area contributed by atoms with Crippen LogP contribution in [0.3, 0.4) is 0 Å². The quantitative estimate of drug-likeness (QED) is 0.902. The maximum absolute atomic E-state index is 13.7. The largest absolute Gasteiger partial charge is 0.496 e. The first-order valence-electron chi connectivity index (χ1n) is 6.54. The fraction of sp³-hybridized carbons (Fsp3) is 0.250. The smallest absolute Gasteiger partial charge is 0.168 e. The number of halogens is 2. The summed E-state index contributed by atoms with van der Waals surface area (Å²) in [6.07, 6.45) is 0. The third-order valence-corrected chi connectivity index (χ3v) is 3.23. The van der Waals surface area contributed by atoms with Gasteiger partial charge in [-0.15, -0.1) is 0 Å². The van der Waals surface area contributed by atoms with Crippen molar-refractivity contribution >= 4 is 0 Å². The molecule has 0 aromatic heterocycles. The standard InChI is InChI=1S/C16H17F2NO2/c1-10(19-2)16-14(20-3)5-4-6-15(16)21-13-8-7-11(17)9-12(13)18/h4-10,19H,1-3H3. The molecule has 2 rings (SSSR count). The Bertz CT molecular complexity index is 632. The number of benzene rings is 2. The first-order valence-corrected chi connectivity index (χ1v) is 6.54. The van der Waals surface area contributed by atoms with E-state index in [1.165, 1.54) is 6.07 Å². The Morgan fingerprint density at radius 1 is 1.05 bits per heavy atom. The number of hydrogen-bond donors (Lipinski definition) is 1. The molecule has 2 aromatic rings. The average molecular weight is 293 g/mol. The molecule has 112 valence electrons. The van der Waals surface area contributed by atoms with Crippen molar-refractivity contribution < 1.29 is 18.3 Å². The molecular weight excluding hydrogens is 276 g/mol. The van der Waals surface area contributed by atoms with Crippen LogP contribution in [0.1, 0.15) is 18.5 Å². The van der Waals surface area contributed by atoms with Crippen LogP contribution in [0.5, 0.6) is 17.2 Å². The fourth-order valence-corrected chi connectivity index (χ4v) is 2.04. The van der Waals surface area contributed by atoms with Crippen molar-refractivity contribution in [2.24, 2.45) is 0 Å². The summed E-state index contributed by atoms with van der Waals surface area (Å²) >= 11 is 0. The molecule has 0 saturated heterocycles. The summed E-state index contributed by atoms with van der Waals surface area (Å²) in [5.74, 6) is -0.331. The maximum Gasteiger partial charge on any atom is 0.168 e. The molecule has 1 N–H and O–H groups in total. The summed E-state index contributed by atoms with van der Waals surface area (Å²) in [7, 11) is 3.36. The third-order valence-electron chi connectivity index (χ3n) is 3.23. The van der Waals surface area contributed by atoms with Crippen LogP contribution < -0.4 is 14.8 Å². The van der Waals surface area contributed by atoms with Crippen molar-refractivity contribution in [3.8, 4) is 17.2 Å². The molecule has 0 fully saturated rings. The molecule has 1 unspecified atom stereocenters. The van der Waals surface area contributed by atoms with Crippen molar-refractivity contribution in [3.63, 3.8) is 0 Å². The van der Waals surface area contributed by atoms with Crippen LogP contribution >= 0.6 is 0 Å². The van der Waals surface area contributed by atoms with Crippen molar-refractivity contribution in [2.45, 2.75) is 13.0 Å². The summed E-state index contributed by atoms with van der Waals surface area (Å²) in [6.45, 7) is 1.94. The Balaban J connectivity index is 2.43. The Morgan fingerprint density at radius 2 is 1.76 bits per heavy atom. The first-order chi connectivity index (χ1) is 10.1. The van der Waals surface area contributed by atoms with E-state index < -0.39 is 11.6 Å². The van der Waals surface area contributed by atoms with Crippen molar-refractivity contribution in [2.75, 3.05) is 14.2 Å². The summed E-state index contributed by atoms with van der Waals surface area (Å²) in [6, 6.07) is 8.42. The van der Waals surface area contributed by atoms with Gasteiger partial charge in [0, 0.05) is 12.1 Å². The van der Waals surface area contributed by atoms with Crippen molar-refractivity contribution in [3.05, 3.63) is 53.6 Å². The average Bonchev–Trinajstić information content (AvgIpc) is 2.49. The summed E-state index contributed by atoms with van der Waals surface area (Å²) < 4.78 is 37.6. The Morgan fingerprint density at radius 3 is 2.38 bits per heavy atom. The lowest BCUT2D eigenvalue weighted by atomic mass is 10.1. The minimum absolute atomic E-state index is 0.0331. The maximum atomic E-state index is 13.7. The molecule has 0 saturated carbocycles. The van der Waals surface area contributed by atoms with Gasteiger partial charge in [0.05, 0.1) is 12.7 Å². The highest BCUT2D eigenvalue weighted by Crippen LogP contribution is 2.37. The van der Waals surface area contributed by atoms with Gasteiger partial charge in [-0.2, -0.15) is 0 Å². The summed E-state index contributed by atoms with van der Waals surface area (Å²) in [5.41, 5.74) is 0.770. The molecule has 0 radical (unpaired) electrons. The number of methoxy groups -OCH3 is 1.